The first-order valence-electron chi connectivity index (χ1n) is 7.15. The zero-order valence-electron chi connectivity index (χ0n) is 12.3. The molecular weight excluding hydrogens is 270 g/mol. The van der Waals surface area contributed by atoms with Gasteiger partial charge >= 0.3 is 0 Å². The number of carbonyl (C=O) groups is 1. The Balaban J connectivity index is 1.84. The zero-order valence-corrected chi connectivity index (χ0v) is 13.1. The van der Waals surface area contributed by atoms with E-state index < -0.39 is 5.60 Å². The Labute approximate surface area is 125 Å². The van der Waals surface area contributed by atoms with Gasteiger partial charge in [-0.2, -0.15) is 0 Å². The van der Waals surface area contributed by atoms with Gasteiger partial charge in [0.25, 0.3) is 0 Å². The summed E-state index contributed by atoms with van der Waals surface area (Å²) in [5.74, 6) is 0.510. The topological polar surface area (TPSA) is 40.5 Å². The van der Waals surface area contributed by atoms with Crippen LogP contribution in [0, 0.1) is 6.92 Å². The maximum absolute atomic E-state index is 12.2. The Morgan fingerprint density at radius 1 is 1.35 bits per heavy atom. The molecule has 4 heteroatoms. The monoisotopic (exact) mass is 293 g/mol. The molecule has 0 aliphatic heterocycles. The van der Waals surface area contributed by atoms with E-state index in [0.29, 0.717) is 12.3 Å². The summed E-state index contributed by atoms with van der Waals surface area (Å²) < 4.78 is 0. The van der Waals surface area contributed by atoms with Crippen molar-refractivity contribution in [2.24, 2.45) is 0 Å². The number of amides is 1. The molecule has 1 aromatic carbocycles. The van der Waals surface area contributed by atoms with Gasteiger partial charge in [0, 0.05) is 18.5 Å². The van der Waals surface area contributed by atoms with Gasteiger partial charge in [-0.05, 0) is 31.4 Å². The summed E-state index contributed by atoms with van der Waals surface area (Å²) in [5, 5.41) is 10.3. The summed E-state index contributed by atoms with van der Waals surface area (Å²) in [6.07, 6.45) is 3.76. The van der Waals surface area contributed by atoms with E-state index in [1.165, 1.54) is 5.56 Å². The van der Waals surface area contributed by atoms with Crippen LogP contribution in [0.5, 0.6) is 0 Å². The molecule has 20 heavy (non-hydrogen) atoms. The number of nitrogens with zero attached hydrogens (tertiary/aromatic N) is 1. The van der Waals surface area contributed by atoms with E-state index in [2.05, 4.69) is 13.0 Å². The van der Waals surface area contributed by atoms with Gasteiger partial charge in [-0.1, -0.05) is 31.0 Å². The lowest BCUT2D eigenvalue weighted by molar-refractivity contribution is -0.130. The van der Waals surface area contributed by atoms with Crippen LogP contribution in [0.4, 0.5) is 0 Å². The molecule has 0 unspecified atom stereocenters. The smallest absolute Gasteiger partial charge is 0.232 e. The fourth-order valence-electron chi connectivity index (χ4n) is 2.69. The van der Waals surface area contributed by atoms with Gasteiger partial charge in [-0.25, -0.2) is 0 Å². The lowest BCUT2D eigenvalue weighted by Crippen LogP contribution is -2.42. The largest absolute Gasteiger partial charge is 0.388 e. The molecule has 3 nitrogen and oxygen atoms in total. The van der Waals surface area contributed by atoms with Crippen LogP contribution < -0.4 is 0 Å². The Kier molecular flexibility index (Phi) is 5.11. The number of likely N-dealkylation sites (N-methyl/N-ethyl adjacent to an activating group) is 1. The number of rotatable bonds is 5. The van der Waals surface area contributed by atoms with Gasteiger partial charge in [-0.15, -0.1) is 11.8 Å². The Hall–Kier alpha value is -1.00. The number of carbonyl (C=O) groups excluding carboxylic acids is 1. The number of hydrogen-bond donors (Lipinski definition) is 1. The van der Waals surface area contributed by atoms with Crippen molar-refractivity contribution in [1.29, 1.82) is 0 Å². The van der Waals surface area contributed by atoms with Gasteiger partial charge in [0.2, 0.25) is 5.91 Å². The number of aryl methyl sites for hydroxylation is 1. The van der Waals surface area contributed by atoms with Crippen LogP contribution in [-0.2, 0) is 4.79 Å². The maximum Gasteiger partial charge on any atom is 0.232 e. The molecule has 0 heterocycles. The molecule has 0 saturated heterocycles. The number of thioether (sulfide) groups is 1. The molecule has 1 aliphatic rings. The number of aliphatic hydroxyl groups is 1. The molecule has 1 aliphatic carbocycles. The Morgan fingerprint density at radius 2 is 2.00 bits per heavy atom. The van der Waals surface area contributed by atoms with Crippen molar-refractivity contribution in [3.05, 3.63) is 29.8 Å². The first kappa shape index (κ1) is 15.4. The minimum atomic E-state index is -0.655. The van der Waals surface area contributed by atoms with Gasteiger partial charge in [-0.3, -0.25) is 4.79 Å². The average Bonchev–Trinajstić information content (AvgIpc) is 2.84. The molecular formula is C16H23NO2S. The molecule has 0 atom stereocenters. The minimum absolute atomic E-state index is 0.0820. The first-order valence-corrected chi connectivity index (χ1v) is 8.13. The van der Waals surface area contributed by atoms with Gasteiger partial charge < -0.3 is 10.0 Å². The van der Waals surface area contributed by atoms with Crippen molar-refractivity contribution in [3.8, 4) is 0 Å². The predicted molar refractivity (Wildman–Crippen MR) is 83.0 cm³/mol. The van der Waals surface area contributed by atoms with Crippen LogP contribution in [-0.4, -0.2) is 40.9 Å². The van der Waals surface area contributed by atoms with Crippen molar-refractivity contribution in [2.75, 3.05) is 19.3 Å². The molecule has 2 rings (SSSR count). The quantitative estimate of drug-likeness (QED) is 0.849. The van der Waals surface area contributed by atoms with Crippen molar-refractivity contribution >= 4 is 17.7 Å². The summed E-state index contributed by atoms with van der Waals surface area (Å²) in [6, 6.07) is 8.09. The van der Waals surface area contributed by atoms with Gasteiger partial charge in [0.15, 0.2) is 0 Å². The van der Waals surface area contributed by atoms with E-state index >= 15 is 0 Å². The van der Waals surface area contributed by atoms with E-state index in [1.54, 1.807) is 23.7 Å². The maximum atomic E-state index is 12.2. The molecule has 0 aromatic heterocycles. The summed E-state index contributed by atoms with van der Waals surface area (Å²) in [5.41, 5.74) is 0.542. The first-order chi connectivity index (χ1) is 9.50. The van der Waals surface area contributed by atoms with Gasteiger partial charge in [0.1, 0.15) is 0 Å². The third kappa shape index (κ3) is 4.00. The Bertz CT molecular complexity index is 469. The van der Waals surface area contributed by atoms with Crippen LogP contribution in [0.15, 0.2) is 29.2 Å². The van der Waals surface area contributed by atoms with Crippen molar-refractivity contribution in [1.82, 2.24) is 4.90 Å². The van der Waals surface area contributed by atoms with Crippen LogP contribution in [0.2, 0.25) is 0 Å². The van der Waals surface area contributed by atoms with Crippen LogP contribution in [0.25, 0.3) is 0 Å². The standard InChI is InChI=1S/C16H23NO2S/c1-13-7-3-4-8-14(13)20-11-15(18)17(2)12-16(19)9-5-6-10-16/h3-4,7-8,19H,5-6,9-12H2,1-2H3. The van der Waals surface area contributed by atoms with E-state index in [4.69, 9.17) is 0 Å². The molecule has 1 aromatic rings. The molecule has 0 bridgehead atoms. The van der Waals surface area contributed by atoms with Crippen molar-refractivity contribution in [2.45, 2.75) is 43.1 Å². The highest BCUT2D eigenvalue weighted by Crippen LogP contribution is 2.30. The summed E-state index contributed by atoms with van der Waals surface area (Å²) in [4.78, 5) is 15.0. The molecule has 1 saturated carbocycles. The Morgan fingerprint density at radius 3 is 2.65 bits per heavy atom. The lowest BCUT2D eigenvalue weighted by Gasteiger charge is -2.28. The molecule has 1 fully saturated rings. The highest BCUT2D eigenvalue weighted by molar-refractivity contribution is 8.00. The molecule has 0 spiro atoms. The van der Waals surface area contributed by atoms with E-state index in [1.807, 2.05) is 18.2 Å². The second-order valence-electron chi connectivity index (χ2n) is 5.74. The predicted octanol–water partition coefficient (Wildman–Crippen LogP) is 2.85. The third-order valence-corrected chi connectivity index (χ3v) is 5.10. The fourth-order valence-corrected chi connectivity index (χ4v) is 3.66. The van der Waals surface area contributed by atoms with Crippen molar-refractivity contribution < 1.29 is 9.90 Å². The van der Waals surface area contributed by atoms with Crippen LogP contribution in [0.3, 0.4) is 0 Å². The van der Waals surface area contributed by atoms with Gasteiger partial charge in [0.05, 0.1) is 11.4 Å². The SMILES string of the molecule is Cc1ccccc1SCC(=O)N(C)CC1(O)CCCC1. The second-order valence-corrected chi connectivity index (χ2v) is 6.75. The third-order valence-electron chi connectivity index (χ3n) is 3.94. The molecule has 1 N–H and O–H groups in total. The van der Waals surface area contributed by atoms with E-state index in [9.17, 15) is 9.90 Å². The lowest BCUT2D eigenvalue weighted by atomic mass is 10.0. The van der Waals surface area contributed by atoms with E-state index in [0.717, 1.165) is 30.6 Å². The number of benzene rings is 1. The second kappa shape index (κ2) is 6.64. The van der Waals surface area contributed by atoms with Crippen molar-refractivity contribution in [3.63, 3.8) is 0 Å². The molecule has 1 amide bonds. The highest BCUT2D eigenvalue weighted by atomic mass is 32.2. The summed E-state index contributed by atoms with van der Waals surface area (Å²) in [6.45, 7) is 2.51. The number of hydrogen-bond acceptors (Lipinski definition) is 3. The fraction of sp³-hybridized carbons (Fsp3) is 0.562. The van der Waals surface area contributed by atoms with Crippen LogP contribution in [0.1, 0.15) is 31.2 Å². The van der Waals surface area contributed by atoms with Crippen LogP contribution >= 0.6 is 11.8 Å². The summed E-state index contributed by atoms with van der Waals surface area (Å²) >= 11 is 1.57. The molecule has 0 radical (unpaired) electrons. The average molecular weight is 293 g/mol. The normalized spacial score (nSPS) is 17.1. The zero-order chi connectivity index (χ0) is 14.6. The highest BCUT2D eigenvalue weighted by Gasteiger charge is 2.33. The molecule has 110 valence electrons. The minimum Gasteiger partial charge on any atom is -0.388 e. The summed E-state index contributed by atoms with van der Waals surface area (Å²) in [7, 11) is 1.79. The van der Waals surface area contributed by atoms with E-state index in [-0.39, 0.29) is 5.91 Å².